The first-order valence-electron chi connectivity index (χ1n) is 14.1. The number of methoxy groups -OCH3 is 1. The highest BCUT2D eigenvalue weighted by Gasteiger charge is 2.43. The monoisotopic (exact) mass is 532 g/mol. The number of carbonyl (C=O) groups excluding carboxylic acids is 1. The second-order valence-electron chi connectivity index (χ2n) is 10.6. The van der Waals surface area contributed by atoms with Crippen LogP contribution in [0.2, 0.25) is 0 Å². The van der Waals surface area contributed by atoms with Gasteiger partial charge in [-0.25, -0.2) is 4.39 Å². The van der Waals surface area contributed by atoms with Crippen LogP contribution in [0.15, 0.2) is 66.7 Å². The number of aliphatic hydroxyl groups is 1. The van der Waals surface area contributed by atoms with Crippen LogP contribution in [0.1, 0.15) is 66.1 Å². The molecule has 1 aliphatic rings. The lowest BCUT2D eigenvalue weighted by Gasteiger charge is -2.43. The molecule has 39 heavy (non-hydrogen) atoms. The predicted molar refractivity (Wildman–Crippen MR) is 154 cm³/mol. The fraction of sp³-hybridized carbons (Fsp3) is 0.424. The van der Waals surface area contributed by atoms with Crippen LogP contribution in [0.5, 0.6) is 0 Å². The number of benzene rings is 3. The number of aryl methyl sites for hydroxylation is 1. The number of rotatable bonds is 11. The van der Waals surface area contributed by atoms with E-state index in [1.807, 2.05) is 59.5 Å². The van der Waals surface area contributed by atoms with Crippen molar-refractivity contribution in [3.63, 3.8) is 0 Å². The maximum absolute atomic E-state index is 15.6. The summed E-state index contributed by atoms with van der Waals surface area (Å²) in [6.07, 6.45) is 4.33. The minimum atomic E-state index is -1.31. The smallest absolute Gasteiger partial charge is 0.253 e. The van der Waals surface area contributed by atoms with E-state index in [1.165, 1.54) is 6.07 Å². The van der Waals surface area contributed by atoms with E-state index in [1.54, 1.807) is 13.2 Å². The average molecular weight is 533 g/mol. The fourth-order valence-electron chi connectivity index (χ4n) is 5.84. The first-order valence-corrected chi connectivity index (χ1v) is 14.1. The molecule has 1 saturated heterocycles. The first kappa shape index (κ1) is 28.9. The highest BCUT2D eigenvalue weighted by Crippen LogP contribution is 2.44. The summed E-state index contributed by atoms with van der Waals surface area (Å²) in [7, 11) is 1.67. The summed E-state index contributed by atoms with van der Waals surface area (Å²) in [5.41, 5.74) is 8.92. The van der Waals surface area contributed by atoms with Crippen molar-refractivity contribution < 1.29 is 19.0 Å². The van der Waals surface area contributed by atoms with Gasteiger partial charge in [-0.15, -0.1) is 0 Å². The Bertz CT molecular complexity index is 1250. The molecule has 5 nitrogen and oxygen atoms in total. The quantitative estimate of drug-likeness (QED) is 0.294. The number of hydrogen-bond acceptors (Lipinski definition) is 4. The summed E-state index contributed by atoms with van der Waals surface area (Å²) in [5, 5.41) is 12.6. The Morgan fingerprint density at radius 2 is 1.87 bits per heavy atom. The van der Waals surface area contributed by atoms with Crippen LogP contribution in [0.4, 0.5) is 4.39 Å². The predicted octanol–water partition coefficient (Wildman–Crippen LogP) is 6.07. The fourth-order valence-corrected chi connectivity index (χ4v) is 5.84. The van der Waals surface area contributed by atoms with Crippen LogP contribution in [0, 0.1) is 11.7 Å². The van der Waals surface area contributed by atoms with Gasteiger partial charge < -0.3 is 20.5 Å². The topological polar surface area (TPSA) is 75.8 Å². The summed E-state index contributed by atoms with van der Waals surface area (Å²) in [6, 6.07) is 20.3. The molecule has 4 rings (SSSR count). The van der Waals surface area contributed by atoms with E-state index in [4.69, 9.17) is 10.5 Å². The van der Waals surface area contributed by atoms with Crippen LogP contribution in [-0.2, 0) is 23.3 Å². The molecule has 0 spiro atoms. The summed E-state index contributed by atoms with van der Waals surface area (Å²) in [5.74, 6) is -0.643. The van der Waals surface area contributed by atoms with E-state index in [2.05, 4.69) is 6.92 Å². The number of amides is 1. The highest BCUT2D eigenvalue weighted by molar-refractivity contribution is 5.94. The molecule has 0 bridgehead atoms. The largest absolute Gasteiger partial charge is 0.385 e. The number of nitrogens with two attached hydrogens (primary N) is 1. The highest BCUT2D eigenvalue weighted by atomic mass is 19.1. The number of piperidine rings is 1. The molecular formula is C33H41FN2O3. The van der Waals surface area contributed by atoms with Gasteiger partial charge in [0.2, 0.25) is 0 Å². The summed E-state index contributed by atoms with van der Waals surface area (Å²) in [4.78, 5) is 15.3. The van der Waals surface area contributed by atoms with Gasteiger partial charge in [0.25, 0.3) is 5.91 Å². The van der Waals surface area contributed by atoms with Gasteiger partial charge in [0.1, 0.15) is 5.82 Å². The van der Waals surface area contributed by atoms with E-state index in [9.17, 15) is 9.90 Å². The van der Waals surface area contributed by atoms with Crippen molar-refractivity contribution in [1.82, 2.24) is 4.90 Å². The normalized spacial score (nSPS) is 17.2. The van der Waals surface area contributed by atoms with Crippen molar-refractivity contribution in [2.45, 2.75) is 57.6 Å². The minimum Gasteiger partial charge on any atom is -0.385 e. The molecule has 3 N–H and O–H groups in total. The molecule has 1 heterocycles. The zero-order chi connectivity index (χ0) is 27.8. The molecule has 3 aromatic rings. The van der Waals surface area contributed by atoms with E-state index in [-0.39, 0.29) is 17.6 Å². The number of nitrogens with zero attached hydrogens (tertiary/aromatic N) is 1. The summed E-state index contributed by atoms with van der Waals surface area (Å²) in [6.45, 7) is 4.13. The third-order valence-electron chi connectivity index (χ3n) is 8.08. The zero-order valence-corrected chi connectivity index (χ0v) is 23.2. The van der Waals surface area contributed by atoms with Gasteiger partial charge in [0, 0.05) is 50.4 Å². The lowest BCUT2D eigenvalue weighted by atomic mass is 9.72. The maximum Gasteiger partial charge on any atom is 0.253 e. The summed E-state index contributed by atoms with van der Waals surface area (Å²) < 4.78 is 20.9. The van der Waals surface area contributed by atoms with E-state index < -0.39 is 5.60 Å². The van der Waals surface area contributed by atoms with Gasteiger partial charge in [-0.2, -0.15) is 0 Å². The molecule has 0 saturated carbocycles. The van der Waals surface area contributed by atoms with Gasteiger partial charge in [0.15, 0.2) is 0 Å². The lowest BCUT2D eigenvalue weighted by Crippen LogP contribution is -2.48. The van der Waals surface area contributed by atoms with Gasteiger partial charge in [0.05, 0.1) is 5.60 Å². The third kappa shape index (κ3) is 6.57. The van der Waals surface area contributed by atoms with Crippen molar-refractivity contribution in [1.29, 1.82) is 0 Å². The van der Waals surface area contributed by atoms with Gasteiger partial charge in [-0.1, -0.05) is 55.5 Å². The van der Waals surface area contributed by atoms with Crippen LogP contribution in [0.25, 0.3) is 11.1 Å². The third-order valence-corrected chi connectivity index (χ3v) is 8.08. The zero-order valence-electron chi connectivity index (χ0n) is 23.2. The Balaban J connectivity index is 1.71. The van der Waals surface area contributed by atoms with Gasteiger partial charge in [-0.3, -0.25) is 4.79 Å². The van der Waals surface area contributed by atoms with E-state index in [0.717, 1.165) is 48.8 Å². The van der Waals surface area contributed by atoms with Crippen LogP contribution < -0.4 is 5.73 Å². The Labute approximate surface area is 231 Å². The Kier molecular flexibility index (Phi) is 9.89. The van der Waals surface area contributed by atoms with Crippen molar-refractivity contribution in [2.75, 3.05) is 26.8 Å². The Morgan fingerprint density at radius 1 is 1.10 bits per heavy atom. The van der Waals surface area contributed by atoms with Crippen LogP contribution >= 0.6 is 0 Å². The van der Waals surface area contributed by atoms with Crippen LogP contribution in [0.3, 0.4) is 0 Å². The van der Waals surface area contributed by atoms with Crippen molar-refractivity contribution in [3.05, 3.63) is 94.8 Å². The molecule has 0 aromatic heterocycles. The second kappa shape index (κ2) is 13.3. The minimum absolute atomic E-state index is 0.0554. The molecule has 1 aliphatic heterocycles. The molecule has 0 radical (unpaired) electrons. The van der Waals surface area contributed by atoms with E-state index >= 15 is 4.39 Å². The van der Waals surface area contributed by atoms with Crippen LogP contribution in [-0.4, -0.2) is 42.7 Å². The second-order valence-corrected chi connectivity index (χ2v) is 10.6. The SMILES string of the molecule is CCc1cccc(-c2c(F)cccc2C(O)(CCCCOC)C2CCCN(C(=O)c3ccc(CN)cc3)C2)c1. The Hall–Kier alpha value is -3.06. The molecule has 0 aliphatic carbocycles. The standard InChI is InChI=1S/C33H41FN2O3/c1-3-24-9-6-10-27(21-24)31-29(12-7-13-30(31)34)33(38,18-4-5-20-39-2)28-11-8-19-36(23-28)32(37)26-16-14-25(22-35)15-17-26/h6-7,9-10,12-17,21,28,38H,3-5,8,11,18-20,22-23,35H2,1-2H3. The van der Waals surface area contributed by atoms with Crippen molar-refractivity contribution in [2.24, 2.45) is 11.7 Å². The number of likely N-dealkylation sites (tertiary alicyclic amines) is 1. The molecular weight excluding hydrogens is 491 g/mol. The molecule has 2 atom stereocenters. The molecule has 1 fully saturated rings. The molecule has 1 amide bonds. The maximum atomic E-state index is 15.6. The van der Waals surface area contributed by atoms with Gasteiger partial charge in [-0.05, 0) is 79.0 Å². The Morgan fingerprint density at radius 3 is 2.59 bits per heavy atom. The summed E-state index contributed by atoms with van der Waals surface area (Å²) >= 11 is 0. The lowest BCUT2D eigenvalue weighted by molar-refractivity contribution is -0.0575. The van der Waals surface area contributed by atoms with Gasteiger partial charge >= 0.3 is 0 Å². The number of hydrogen-bond donors (Lipinski definition) is 2. The molecule has 6 heteroatoms. The van der Waals surface area contributed by atoms with Crippen molar-refractivity contribution >= 4 is 5.91 Å². The number of ether oxygens (including phenoxy) is 1. The van der Waals surface area contributed by atoms with Crippen molar-refractivity contribution in [3.8, 4) is 11.1 Å². The number of carbonyl (C=O) groups is 1. The van der Waals surface area contributed by atoms with E-state index in [0.29, 0.717) is 49.4 Å². The first-order chi connectivity index (χ1) is 18.9. The molecule has 208 valence electrons. The molecule has 2 unspecified atom stereocenters. The molecule has 3 aromatic carbocycles. The average Bonchev–Trinajstić information content (AvgIpc) is 2.98. The number of unbranched alkanes of at least 4 members (excludes halogenated alkanes) is 1. The number of halogens is 1.